The highest BCUT2D eigenvalue weighted by Crippen LogP contribution is 2.21. The molecule has 0 radical (unpaired) electrons. The van der Waals surface area contributed by atoms with Crippen LogP contribution in [-0.2, 0) is 9.59 Å². The molecule has 0 unspecified atom stereocenters. The van der Waals surface area contributed by atoms with Crippen molar-refractivity contribution < 1.29 is 9.59 Å². The molecule has 0 spiro atoms. The van der Waals surface area contributed by atoms with E-state index < -0.39 is 0 Å². The first-order valence-electron chi connectivity index (χ1n) is 1.89. The van der Waals surface area contributed by atoms with Crippen molar-refractivity contribution in [3.63, 3.8) is 0 Å². The van der Waals surface area contributed by atoms with Gasteiger partial charge in [0.1, 0.15) is 0 Å². The van der Waals surface area contributed by atoms with Crippen LogP contribution < -0.4 is 0 Å². The Hall–Kier alpha value is -0.800. The summed E-state index contributed by atoms with van der Waals surface area (Å²) in [6.45, 7) is 6.00. The van der Waals surface area contributed by atoms with Crippen molar-refractivity contribution >= 4 is 34.1 Å². The predicted molar refractivity (Wildman–Crippen MR) is 42.7 cm³/mol. The largest absolute Gasteiger partial charge is 0.248 e. The second kappa shape index (κ2) is 15.7. The Morgan fingerprint density at radius 1 is 1.00 bits per heavy atom. The maximum Gasteiger partial charge on any atom is 0.248 e. The second-order valence-electron chi connectivity index (χ2n) is 0.514. The van der Waals surface area contributed by atoms with Gasteiger partial charge in [0.25, 0.3) is 0 Å². The molecule has 0 aromatic carbocycles. The first-order valence-corrected chi connectivity index (χ1v) is 3.95. The Kier molecular flexibility index (Phi) is 18.8. The Bertz CT molecular complexity index is 143. The lowest BCUT2D eigenvalue weighted by Crippen LogP contribution is -1.42. The molecule has 0 aliphatic rings. The summed E-state index contributed by atoms with van der Waals surface area (Å²) in [5.41, 5.74) is 0. The molecule has 54 valence electrons. The predicted octanol–water partition coefficient (Wildman–Crippen LogP) is 1.67. The SMILES string of the molecule is C=C.O=C=NSSN=C=O. The molecule has 0 N–H and O–H groups in total. The fourth-order valence-corrected chi connectivity index (χ4v) is 0.574. The fourth-order valence-electron chi connectivity index (χ4n) is 0.0638. The third kappa shape index (κ3) is 15.7. The Labute approximate surface area is 66.2 Å². The molecule has 10 heavy (non-hydrogen) atoms. The maximum atomic E-state index is 9.30. The van der Waals surface area contributed by atoms with Crippen molar-refractivity contribution in [1.29, 1.82) is 0 Å². The van der Waals surface area contributed by atoms with Crippen molar-refractivity contribution in [1.82, 2.24) is 0 Å². The molecule has 0 aromatic heterocycles. The smallest absolute Gasteiger partial charge is 0.210 e. The van der Waals surface area contributed by atoms with E-state index in [1.807, 2.05) is 0 Å². The van der Waals surface area contributed by atoms with Gasteiger partial charge in [0.2, 0.25) is 12.2 Å². The monoisotopic (exact) mass is 176 g/mol. The average Bonchev–Trinajstić information content (AvgIpc) is 2.02. The number of rotatable bonds is 3. The van der Waals surface area contributed by atoms with Crippen LogP contribution in [0.25, 0.3) is 0 Å². The van der Waals surface area contributed by atoms with Crippen LogP contribution in [0.15, 0.2) is 22.0 Å². The molecule has 0 amide bonds. The summed E-state index contributed by atoms with van der Waals surface area (Å²) in [5.74, 6) is 0. The number of hydrogen-bond donors (Lipinski definition) is 0. The van der Waals surface area contributed by atoms with Crippen LogP contribution in [0.4, 0.5) is 0 Å². The third-order valence-electron chi connectivity index (χ3n) is 0.182. The average molecular weight is 176 g/mol. The van der Waals surface area contributed by atoms with Gasteiger partial charge in [-0.2, -0.15) is 0 Å². The van der Waals surface area contributed by atoms with Crippen LogP contribution in [-0.4, -0.2) is 12.2 Å². The highest BCUT2D eigenvalue weighted by atomic mass is 33.1. The zero-order valence-corrected chi connectivity index (χ0v) is 6.57. The highest BCUT2D eigenvalue weighted by molar-refractivity contribution is 8.75. The van der Waals surface area contributed by atoms with Crippen molar-refractivity contribution in [2.45, 2.75) is 0 Å². The summed E-state index contributed by atoms with van der Waals surface area (Å²) in [5, 5.41) is 0. The molecule has 0 saturated heterocycles. The van der Waals surface area contributed by atoms with Crippen LogP contribution in [0.5, 0.6) is 0 Å². The standard InChI is InChI=1S/C2N2O2S2.C2H4/c5-1-3-7-8-4-2-6;1-2/h;1-2H2. The highest BCUT2D eigenvalue weighted by Gasteiger charge is 1.76. The quantitative estimate of drug-likeness (QED) is 0.164. The first-order chi connectivity index (χ1) is 4.91. The van der Waals surface area contributed by atoms with Crippen molar-refractivity contribution in [3.8, 4) is 0 Å². The van der Waals surface area contributed by atoms with Gasteiger partial charge in [0, 0.05) is 0 Å². The molecule has 4 nitrogen and oxygen atoms in total. The van der Waals surface area contributed by atoms with Gasteiger partial charge in [0.15, 0.2) is 0 Å². The van der Waals surface area contributed by atoms with Crippen LogP contribution in [0.2, 0.25) is 0 Å². The van der Waals surface area contributed by atoms with Gasteiger partial charge in [-0.1, -0.05) is 0 Å². The van der Waals surface area contributed by atoms with E-state index in [4.69, 9.17) is 0 Å². The number of isocyanates is 2. The first kappa shape index (κ1) is 11.9. The summed E-state index contributed by atoms with van der Waals surface area (Å²) >= 11 is 0. The van der Waals surface area contributed by atoms with Crippen LogP contribution in [0, 0.1) is 0 Å². The minimum atomic E-state index is 0.767. The molecule has 0 aliphatic carbocycles. The molecule has 0 fully saturated rings. The third-order valence-corrected chi connectivity index (χ3v) is 1.19. The minimum Gasteiger partial charge on any atom is -0.210 e. The van der Waals surface area contributed by atoms with Gasteiger partial charge in [0.05, 0.1) is 22.0 Å². The zero-order valence-electron chi connectivity index (χ0n) is 4.94. The van der Waals surface area contributed by atoms with E-state index in [0.29, 0.717) is 0 Å². The van der Waals surface area contributed by atoms with Crippen molar-refractivity contribution in [3.05, 3.63) is 13.2 Å². The van der Waals surface area contributed by atoms with Gasteiger partial charge in [-0.25, -0.2) is 9.59 Å². The van der Waals surface area contributed by atoms with Crippen molar-refractivity contribution in [2.75, 3.05) is 0 Å². The number of nitrogens with zero attached hydrogens (tertiary/aromatic N) is 2. The van der Waals surface area contributed by atoms with Gasteiger partial charge >= 0.3 is 0 Å². The summed E-state index contributed by atoms with van der Waals surface area (Å²) in [6, 6.07) is 0. The summed E-state index contributed by atoms with van der Waals surface area (Å²) in [7, 11) is 1.53. The summed E-state index contributed by atoms with van der Waals surface area (Å²) in [6.07, 6.45) is 2.51. The van der Waals surface area contributed by atoms with Gasteiger partial charge < -0.3 is 0 Å². The van der Waals surface area contributed by atoms with E-state index in [0.717, 1.165) is 22.0 Å². The topological polar surface area (TPSA) is 58.9 Å². The number of carbonyl (C=O) groups excluding carboxylic acids is 2. The lowest BCUT2D eigenvalue weighted by Gasteiger charge is -1.70. The molecule has 0 rings (SSSR count). The van der Waals surface area contributed by atoms with Gasteiger partial charge in [-0.15, -0.1) is 22.0 Å². The van der Waals surface area contributed by atoms with Gasteiger partial charge in [-0.3, -0.25) is 0 Å². The molecule has 0 atom stereocenters. The van der Waals surface area contributed by atoms with Crippen molar-refractivity contribution in [2.24, 2.45) is 8.80 Å². The summed E-state index contributed by atoms with van der Waals surface area (Å²) < 4.78 is 6.02. The molecule has 0 heterocycles. The van der Waals surface area contributed by atoms with E-state index >= 15 is 0 Å². The molecular weight excluding hydrogens is 172 g/mol. The minimum absolute atomic E-state index is 0.767. The molecule has 0 saturated carbocycles. The normalized spacial score (nSPS) is 5.60. The second-order valence-corrected chi connectivity index (χ2v) is 2.07. The Balaban J connectivity index is 0. The van der Waals surface area contributed by atoms with Crippen LogP contribution >= 0.6 is 22.0 Å². The van der Waals surface area contributed by atoms with E-state index in [-0.39, 0.29) is 0 Å². The van der Waals surface area contributed by atoms with Crippen LogP contribution in [0.1, 0.15) is 0 Å². The fraction of sp³-hybridized carbons (Fsp3) is 0. The van der Waals surface area contributed by atoms with E-state index in [1.54, 1.807) is 0 Å². The van der Waals surface area contributed by atoms with E-state index in [2.05, 4.69) is 22.0 Å². The zero-order chi connectivity index (χ0) is 8.24. The summed E-state index contributed by atoms with van der Waals surface area (Å²) in [4.78, 5) is 18.6. The Morgan fingerprint density at radius 3 is 1.50 bits per heavy atom. The molecule has 6 heteroatoms. The lowest BCUT2D eigenvalue weighted by atomic mass is 11.3. The van der Waals surface area contributed by atoms with Gasteiger partial charge in [-0.05, 0) is 0 Å². The number of hydrogen-bond acceptors (Lipinski definition) is 6. The van der Waals surface area contributed by atoms with Crippen LogP contribution in [0.3, 0.4) is 0 Å². The molecule has 0 aromatic rings. The Morgan fingerprint density at radius 2 is 1.30 bits per heavy atom. The molecule has 0 aliphatic heterocycles. The molecular formula is C4H4N2O2S2. The van der Waals surface area contributed by atoms with E-state index in [9.17, 15) is 9.59 Å². The van der Waals surface area contributed by atoms with E-state index in [1.165, 1.54) is 12.2 Å². The lowest BCUT2D eigenvalue weighted by molar-refractivity contribution is 0.565. The molecule has 0 bridgehead atoms. The maximum absolute atomic E-state index is 9.30.